The van der Waals surface area contributed by atoms with Crippen LogP contribution in [0.4, 0.5) is 11.4 Å². The van der Waals surface area contributed by atoms with Crippen LogP contribution in [-0.2, 0) is 11.4 Å². The predicted octanol–water partition coefficient (Wildman–Crippen LogP) is 7.01. The molecule has 1 fully saturated rings. The first-order valence-electron chi connectivity index (χ1n) is 12.6. The highest BCUT2D eigenvalue weighted by Gasteiger charge is 2.25. The zero-order chi connectivity index (χ0) is 28.3. The van der Waals surface area contributed by atoms with Crippen LogP contribution in [0.2, 0.25) is 0 Å². The first kappa shape index (κ1) is 27.9. The van der Waals surface area contributed by atoms with E-state index in [4.69, 9.17) is 9.47 Å². The van der Waals surface area contributed by atoms with Crippen LogP contribution >= 0.6 is 11.8 Å². The van der Waals surface area contributed by atoms with Crippen molar-refractivity contribution in [1.29, 1.82) is 0 Å². The van der Waals surface area contributed by atoms with Crippen LogP contribution in [0.1, 0.15) is 45.9 Å². The van der Waals surface area contributed by atoms with Crippen molar-refractivity contribution in [2.45, 2.75) is 48.1 Å². The second-order valence-corrected chi connectivity index (χ2v) is 10.5. The van der Waals surface area contributed by atoms with Gasteiger partial charge in [0.05, 0.1) is 22.1 Å². The summed E-state index contributed by atoms with van der Waals surface area (Å²) in [6.45, 7) is 12.5. The number of nitro groups is 1. The molecule has 4 rings (SSSR count). The number of aryl methyl sites for hydroxylation is 4. The lowest BCUT2D eigenvalue weighted by Crippen LogP contribution is -2.19. The number of aliphatic imine (C=N–C) groups is 1. The number of amidine groups is 1. The first-order chi connectivity index (χ1) is 18.5. The van der Waals surface area contributed by atoms with Crippen LogP contribution in [-0.4, -0.2) is 22.6 Å². The third kappa shape index (κ3) is 6.49. The van der Waals surface area contributed by atoms with Crippen molar-refractivity contribution in [2.24, 2.45) is 4.99 Å². The van der Waals surface area contributed by atoms with Gasteiger partial charge in [0.15, 0.2) is 16.7 Å². The molecule has 0 radical (unpaired) electrons. The van der Waals surface area contributed by atoms with Gasteiger partial charge in [0, 0.05) is 11.6 Å². The Bertz CT molecular complexity index is 1500. The minimum absolute atomic E-state index is 0.00194. The molecular weight excluding hydrogens is 514 g/mol. The molecule has 0 unspecified atom stereocenters. The van der Waals surface area contributed by atoms with E-state index >= 15 is 0 Å². The van der Waals surface area contributed by atoms with E-state index in [1.807, 2.05) is 25.1 Å². The van der Waals surface area contributed by atoms with E-state index in [2.05, 4.69) is 43.2 Å². The molecule has 1 aliphatic heterocycles. The third-order valence-corrected chi connectivity index (χ3v) is 7.39. The molecule has 1 saturated heterocycles. The minimum atomic E-state index is -0.426. The number of ether oxygens (including phenoxy) is 2. The summed E-state index contributed by atoms with van der Waals surface area (Å²) in [5, 5.41) is 14.5. The van der Waals surface area contributed by atoms with Gasteiger partial charge in [-0.1, -0.05) is 23.8 Å². The zero-order valence-electron chi connectivity index (χ0n) is 22.9. The Kier molecular flexibility index (Phi) is 8.40. The molecule has 202 valence electrons. The van der Waals surface area contributed by atoms with Gasteiger partial charge in [-0.2, -0.15) is 0 Å². The Morgan fingerprint density at radius 3 is 2.36 bits per heavy atom. The SMILES string of the molecule is CCOc1cc(/C=C2\SC(=Nc3cc(C)c(C)c([N+](=O)[O-])c3)NC2=O)ccc1OCc1c(C)cc(C)cc1C. The van der Waals surface area contributed by atoms with E-state index in [1.54, 1.807) is 26.0 Å². The van der Waals surface area contributed by atoms with Gasteiger partial charge in [-0.15, -0.1) is 0 Å². The smallest absolute Gasteiger partial charge is 0.274 e. The molecule has 1 aliphatic rings. The number of nitro benzene ring substituents is 1. The van der Waals surface area contributed by atoms with Crippen LogP contribution in [0.15, 0.2) is 52.4 Å². The topological polar surface area (TPSA) is 103 Å². The van der Waals surface area contributed by atoms with Gasteiger partial charge < -0.3 is 14.8 Å². The highest BCUT2D eigenvalue weighted by atomic mass is 32.2. The highest BCUT2D eigenvalue weighted by molar-refractivity contribution is 8.18. The second kappa shape index (κ2) is 11.7. The molecule has 3 aromatic rings. The highest BCUT2D eigenvalue weighted by Crippen LogP contribution is 2.34. The van der Waals surface area contributed by atoms with Crippen molar-refractivity contribution < 1.29 is 19.2 Å². The van der Waals surface area contributed by atoms with Crippen LogP contribution in [0.25, 0.3) is 6.08 Å². The molecule has 0 aromatic heterocycles. The van der Waals surface area contributed by atoms with E-state index < -0.39 is 4.92 Å². The van der Waals surface area contributed by atoms with Crippen molar-refractivity contribution in [3.63, 3.8) is 0 Å². The van der Waals surface area contributed by atoms with Crippen LogP contribution in [0.5, 0.6) is 11.5 Å². The summed E-state index contributed by atoms with van der Waals surface area (Å²) in [5.74, 6) is 0.926. The number of nitrogens with one attached hydrogen (secondary N) is 1. The van der Waals surface area contributed by atoms with E-state index in [0.29, 0.717) is 46.0 Å². The van der Waals surface area contributed by atoms with Gasteiger partial charge in [-0.3, -0.25) is 14.9 Å². The Morgan fingerprint density at radius 1 is 0.974 bits per heavy atom. The van der Waals surface area contributed by atoms with E-state index in [0.717, 1.165) is 16.7 Å². The van der Waals surface area contributed by atoms with E-state index in [9.17, 15) is 14.9 Å². The number of carbonyl (C=O) groups excluding carboxylic acids is 1. The fraction of sp³-hybridized carbons (Fsp3) is 0.267. The quantitative estimate of drug-likeness (QED) is 0.186. The molecule has 8 nitrogen and oxygen atoms in total. The molecule has 0 aliphatic carbocycles. The fourth-order valence-electron chi connectivity index (χ4n) is 4.41. The summed E-state index contributed by atoms with van der Waals surface area (Å²) in [7, 11) is 0. The Hall–Kier alpha value is -4.11. The average molecular weight is 546 g/mol. The standard InChI is InChI=1S/C30H31N3O5S/c1-7-37-27-13-22(8-9-26(27)38-16-24-19(4)10-17(2)11-20(24)5)14-28-29(34)32-30(39-28)31-23-12-18(3)21(6)25(15-23)33(35)36/h8-15H,7,16H2,1-6H3,(H,31,32,34)/b28-14-. The van der Waals surface area contributed by atoms with E-state index in [1.165, 1.54) is 34.5 Å². The number of amides is 1. The second-order valence-electron chi connectivity index (χ2n) is 9.45. The van der Waals surface area contributed by atoms with Crippen molar-refractivity contribution in [2.75, 3.05) is 6.61 Å². The van der Waals surface area contributed by atoms with Gasteiger partial charge in [0.25, 0.3) is 11.6 Å². The maximum absolute atomic E-state index is 12.7. The molecule has 0 bridgehead atoms. The molecule has 39 heavy (non-hydrogen) atoms. The lowest BCUT2D eigenvalue weighted by molar-refractivity contribution is -0.385. The largest absolute Gasteiger partial charge is 0.490 e. The Morgan fingerprint density at radius 2 is 1.69 bits per heavy atom. The number of rotatable bonds is 8. The summed E-state index contributed by atoms with van der Waals surface area (Å²) in [5.41, 5.74) is 7.27. The maximum atomic E-state index is 12.7. The third-order valence-electron chi connectivity index (χ3n) is 6.48. The van der Waals surface area contributed by atoms with Crippen molar-refractivity contribution >= 4 is 40.3 Å². The van der Waals surface area contributed by atoms with Gasteiger partial charge in [-0.05, 0) is 105 Å². The lowest BCUT2D eigenvalue weighted by Gasteiger charge is -2.15. The molecule has 0 saturated carbocycles. The molecule has 9 heteroatoms. The summed E-state index contributed by atoms with van der Waals surface area (Å²) >= 11 is 1.18. The van der Waals surface area contributed by atoms with Crippen molar-refractivity contribution in [1.82, 2.24) is 5.32 Å². The van der Waals surface area contributed by atoms with Crippen LogP contribution in [0.3, 0.4) is 0 Å². The summed E-state index contributed by atoms with van der Waals surface area (Å²) in [4.78, 5) is 28.5. The minimum Gasteiger partial charge on any atom is -0.490 e. The molecule has 1 heterocycles. The normalized spacial score (nSPS) is 15.1. The van der Waals surface area contributed by atoms with E-state index in [-0.39, 0.29) is 11.6 Å². The summed E-state index contributed by atoms with van der Waals surface area (Å²) in [6, 6.07) is 13.0. The molecule has 3 aromatic carbocycles. The maximum Gasteiger partial charge on any atom is 0.274 e. The monoisotopic (exact) mass is 545 g/mol. The summed E-state index contributed by atoms with van der Waals surface area (Å²) < 4.78 is 12.0. The predicted molar refractivity (Wildman–Crippen MR) is 156 cm³/mol. The van der Waals surface area contributed by atoms with Crippen LogP contribution in [0, 0.1) is 44.7 Å². The molecule has 0 atom stereocenters. The number of thioether (sulfide) groups is 1. The molecule has 1 amide bonds. The number of carbonyl (C=O) groups is 1. The molecule has 0 spiro atoms. The van der Waals surface area contributed by atoms with Crippen LogP contribution < -0.4 is 14.8 Å². The summed E-state index contributed by atoms with van der Waals surface area (Å²) in [6.07, 6.45) is 1.76. The molecular formula is C30H31N3O5S. The first-order valence-corrected chi connectivity index (χ1v) is 13.4. The number of hydrogen-bond donors (Lipinski definition) is 1. The molecule has 1 N–H and O–H groups in total. The Labute approximate surface area is 232 Å². The Balaban J connectivity index is 1.55. The van der Waals surface area contributed by atoms with Gasteiger partial charge >= 0.3 is 0 Å². The average Bonchev–Trinajstić information content (AvgIpc) is 3.19. The lowest BCUT2D eigenvalue weighted by atomic mass is 10.0. The van der Waals surface area contributed by atoms with Gasteiger partial charge in [0.1, 0.15) is 6.61 Å². The number of hydrogen-bond acceptors (Lipinski definition) is 7. The number of nitrogens with zero attached hydrogens (tertiary/aromatic N) is 2. The number of benzene rings is 3. The van der Waals surface area contributed by atoms with Gasteiger partial charge in [0.2, 0.25) is 0 Å². The zero-order valence-corrected chi connectivity index (χ0v) is 23.7. The van der Waals surface area contributed by atoms with Crippen molar-refractivity contribution in [3.05, 3.63) is 96.4 Å². The van der Waals surface area contributed by atoms with Crippen molar-refractivity contribution in [3.8, 4) is 11.5 Å². The van der Waals surface area contributed by atoms with Gasteiger partial charge in [-0.25, -0.2) is 4.99 Å². The fourth-order valence-corrected chi connectivity index (χ4v) is 5.26.